The van der Waals surface area contributed by atoms with Crippen LogP contribution in [0, 0.1) is 6.92 Å². The Morgan fingerprint density at radius 3 is 3.05 bits per heavy atom. The zero-order valence-electron chi connectivity index (χ0n) is 12.3. The Kier molecular flexibility index (Phi) is 4.13. The number of hydrogen-bond acceptors (Lipinski definition) is 3. The summed E-state index contributed by atoms with van der Waals surface area (Å²) < 4.78 is 5.79. The zero-order valence-corrected chi connectivity index (χ0v) is 13.1. The molecule has 2 heterocycles. The molecule has 0 spiro atoms. The van der Waals surface area contributed by atoms with E-state index in [1.165, 1.54) is 11.1 Å². The predicted molar refractivity (Wildman–Crippen MR) is 85.1 cm³/mol. The smallest absolute Gasteiger partial charge is 0.125 e. The number of aryl methyl sites for hydroxylation is 1. The van der Waals surface area contributed by atoms with E-state index in [2.05, 4.69) is 16.4 Å². The van der Waals surface area contributed by atoms with Gasteiger partial charge in [-0.15, -0.1) is 0 Å². The van der Waals surface area contributed by atoms with E-state index in [0.29, 0.717) is 0 Å². The number of fused-ring (bicyclic) bond motifs is 1. The molecule has 1 aliphatic rings. The lowest BCUT2D eigenvalue weighted by Crippen LogP contribution is -2.20. The maximum Gasteiger partial charge on any atom is 0.125 e. The highest BCUT2D eigenvalue weighted by atomic mass is 35.5. The minimum Gasteiger partial charge on any atom is -0.493 e. The molecule has 0 saturated carbocycles. The number of nitrogens with zero attached hydrogens (tertiary/aromatic N) is 1. The predicted octanol–water partition coefficient (Wildman–Crippen LogP) is 3.48. The van der Waals surface area contributed by atoms with E-state index >= 15 is 0 Å². The topological polar surface area (TPSA) is 34.1 Å². The fourth-order valence-electron chi connectivity index (χ4n) is 2.95. The number of hydrogen-bond donors (Lipinski definition) is 1. The van der Waals surface area contributed by atoms with Gasteiger partial charge in [0.25, 0.3) is 0 Å². The van der Waals surface area contributed by atoms with E-state index in [9.17, 15) is 0 Å². The summed E-state index contributed by atoms with van der Waals surface area (Å²) in [6.45, 7) is 2.79. The van der Waals surface area contributed by atoms with E-state index in [1.807, 2.05) is 38.4 Å². The van der Waals surface area contributed by atoms with E-state index in [-0.39, 0.29) is 6.04 Å². The first-order valence-corrected chi connectivity index (χ1v) is 7.59. The molecule has 0 fully saturated rings. The molecule has 1 aliphatic heterocycles. The second-order valence-corrected chi connectivity index (χ2v) is 5.81. The number of halogens is 1. The Morgan fingerprint density at radius 1 is 1.43 bits per heavy atom. The van der Waals surface area contributed by atoms with Crippen molar-refractivity contribution < 1.29 is 4.74 Å². The minimum atomic E-state index is 0.200. The number of nitrogens with one attached hydrogen (secondary N) is 1. The van der Waals surface area contributed by atoms with Crippen LogP contribution in [0.5, 0.6) is 5.75 Å². The lowest BCUT2D eigenvalue weighted by atomic mass is 9.96. The first-order chi connectivity index (χ1) is 10.2. The van der Waals surface area contributed by atoms with Crippen LogP contribution in [-0.2, 0) is 12.8 Å². The van der Waals surface area contributed by atoms with Gasteiger partial charge in [0, 0.05) is 29.4 Å². The van der Waals surface area contributed by atoms with Crippen molar-refractivity contribution in [1.29, 1.82) is 0 Å². The summed E-state index contributed by atoms with van der Waals surface area (Å²) in [5.41, 5.74) is 4.65. The number of ether oxygens (including phenoxy) is 1. The second-order valence-electron chi connectivity index (χ2n) is 5.38. The van der Waals surface area contributed by atoms with Gasteiger partial charge in [0.2, 0.25) is 0 Å². The third-order valence-electron chi connectivity index (χ3n) is 4.02. The molecule has 0 amide bonds. The van der Waals surface area contributed by atoms with Crippen molar-refractivity contribution in [2.24, 2.45) is 0 Å². The fourth-order valence-corrected chi connectivity index (χ4v) is 3.21. The molecule has 4 heteroatoms. The molecule has 3 nitrogen and oxygen atoms in total. The molecule has 110 valence electrons. The Morgan fingerprint density at radius 2 is 2.29 bits per heavy atom. The van der Waals surface area contributed by atoms with Crippen LogP contribution in [0.1, 0.15) is 28.4 Å². The van der Waals surface area contributed by atoms with Crippen molar-refractivity contribution >= 4 is 11.6 Å². The van der Waals surface area contributed by atoms with Crippen LogP contribution in [0.2, 0.25) is 5.02 Å². The molecule has 0 bridgehead atoms. The molecule has 0 radical (unpaired) electrons. The van der Waals surface area contributed by atoms with Gasteiger partial charge in [0.1, 0.15) is 5.75 Å². The summed E-state index contributed by atoms with van der Waals surface area (Å²) in [5.74, 6) is 1.01. The molecule has 21 heavy (non-hydrogen) atoms. The Bertz CT molecular complexity index is 657. The summed E-state index contributed by atoms with van der Waals surface area (Å²) in [7, 11) is 1.97. The third kappa shape index (κ3) is 2.89. The fraction of sp³-hybridized carbons (Fsp3) is 0.353. The largest absolute Gasteiger partial charge is 0.493 e. The van der Waals surface area contributed by atoms with Gasteiger partial charge in [-0.05, 0) is 55.3 Å². The molecule has 0 aliphatic carbocycles. The van der Waals surface area contributed by atoms with Crippen molar-refractivity contribution in [3.05, 3.63) is 57.9 Å². The maximum atomic E-state index is 6.24. The minimum absolute atomic E-state index is 0.200. The highest BCUT2D eigenvalue weighted by molar-refractivity contribution is 6.30. The summed E-state index contributed by atoms with van der Waals surface area (Å²) in [6.07, 6.45) is 3.61. The first kappa shape index (κ1) is 14.4. The third-order valence-corrected chi connectivity index (χ3v) is 4.24. The Balaban J connectivity index is 1.94. The van der Waals surface area contributed by atoms with Gasteiger partial charge in [-0.2, -0.15) is 0 Å². The van der Waals surface area contributed by atoms with Crippen molar-refractivity contribution in [3.8, 4) is 5.75 Å². The van der Waals surface area contributed by atoms with Crippen LogP contribution in [-0.4, -0.2) is 18.6 Å². The number of pyridine rings is 1. The number of benzene rings is 1. The summed E-state index contributed by atoms with van der Waals surface area (Å²) in [6, 6.07) is 8.32. The standard InChI is InChI=1S/C17H19ClN2O/c1-11-15(4-3-6-20-11)16(19-2)10-13-9-14(18)8-12-5-7-21-17(12)13/h3-4,6,8-9,16,19H,5,7,10H2,1-2H3. The van der Waals surface area contributed by atoms with Gasteiger partial charge in [0.15, 0.2) is 0 Å². The van der Waals surface area contributed by atoms with Gasteiger partial charge in [-0.3, -0.25) is 4.98 Å². The highest BCUT2D eigenvalue weighted by Gasteiger charge is 2.21. The number of aromatic nitrogens is 1. The molecule has 2 aromatic rings. The molecule has 1 unspecified atom stereocenters. The highest BCUT2D eigenvalue weighted by Crippen LogP contribution is 2.35. The molecule has 1 aromatic heterocycles. The zero-order chi connectivity index (χ0) is 14.8. The number of rotatable bonds is 4. The summed E-state index contributed by atoms with van der Waals surface area (Å²) in [5, 5.41) is 4.16. The quantitative estimate of drug-likeness (QED) is 0.939. The van der Waals surface area contributed by atoms with Gasteiger partial charge in [-0.25, -0.2) is 0 Å². The van der Waals surface area contributed by atoms with E-state index in [0.717, 1.165) is 41.5 Å². The van der Waals surface area contributed by atoms with Crippen LogP contribution in [0.4, 0.5) is 0 Å². The molecule has 1 aromatic carbocycles. The lowest BCUT2D eigenvalue weighted by Gasteiger charge is -2.20. The maximum absolute atomic E-state index is 6.24. The van der Waals surface area contributed by atoms with Crippen LogP contribution in [0.15, 0.2) is 30.5 Å². The van der Waals surface area contributed by atoms with Crippen molar-refractivity contribution in [3.63, 3.8) is 0 Å². The number of likely N-dealkylation sites (N-methyl/N-ethyl adjacent to an activating group) is 1. The monoisotopic (exact) mass is 302 g/mol. The van der Waals surface area contributed by atoms with Crippen LogP contribution in [0.25, 0.3) is 0 Å². The normalized spacial score (nSPS) is 14.6. The second kappa shape index (κ2) is 6.04. The molecular weight excluding hydrogens is 284 g/mol. The Hall–Kier alpha value is -1.58. The summed E-state index contributed by atoms with van der Waals surface area (Å²) >= 11 is 6.24. The summed E-state index contributed by atoms with van der Waals surface area (Å²) in [4.78, 5) is 4.38. The van der Waals surface area contributed by atoms with Crippen LogP contribution >= 0.6 is 11.6 Å². The molecular formula is C17H19ClN2O. The van der Waals surface area contributed by atoms with Gasteiger partial charge in [-0.1, -0.05) is 17.7 Å². The van der Waals surface area contributed by atoms with Crippen LogP contribution < -0.4 is 10.1 Å². The molecule has 3 rings (SSSR count). The van der Waals surface area contributed by atoms with Gasteiger partial charge in [0.05, 0.1) is 6.61 Å². The van der Waals surface area contributed by atoms with Crippen LogP contribution in [0.3, 0.4) is 0 Å². The van der Waals surface area contributed by atoms with Crippen molar-refractivity contribution in [2.45, 2.75) is 25.8 Å². The molecule has 1 N–H and O–H groups in total. The van der Waals surface area contributed by atoms with Gasteiger partial charge >= 0.3 is 0 Å². The van der Waals surface area contributed by atoms with E-state index in [1.54, 1.807) is 0 Å². The van der Waals surface area contributed by atoms with E-state index < -0.39 is 0 Å². The van der Waals surface area contributed by atoms with Gasteiger partial charge < -0.3 is 10.1 Å². The molecule has 1 atom stereocenters. The van der Waals surface area contributed by atoms with Crippen molar-refractivity contribution in [2.75, 3.05) is 13.7 Å². The average Bonchev–Trinajstić information content (AvgIpc) is 2.93. The first-order valence-electron chi connectivity index (χ1n) is 7.22. The lowest BCUT2D eigenvalue weighted by molar-refractivity contribution is 0.352. The SMILES string of the molecule is CNC(Cc1cc(Cl)cc2c1OCC2)c1cccnc1C. The van der Waals surface area contributed by atoms with E-state index in [4.69, 9.17) is 16.3 Å². The average molecular weight is 303 g/mol. The molecule has 0 saturated heterocycles. The van der Waals surface area contributed by atoms with Crippen molar-refractivity contribution in [1.82, 2.24) is 10.3 Å². The Labute approximate surface area is 130 Å².